The summed E-state index contributed by atoms with van der Waals surface area (Å²) < 4.78 is 10.8. The number of para-hydroxylation sites is 2. The molecular weight excluding hydrogens is 344 g/mol. The Balaban J connectivity index is 1.91. The van der Waals surface area contributed by atoms with Gasteiger partial charge in [-0.25, -0.2) is 0 Å². The summed E-state index contributed by atoms with van der Waals surface area (Å²) in [6, 6.07) is 12.8. The third kappa shape index (κ3) is 5.74. The van der Waals surface area contributed by atoms with E-state index in [0.717, 1.165) is 11.1 Å². The van der Waals surface area contributed by atoms with Gasteiger partial charge in [-0.3, -0.25) is 9.59 Å². The SMILES string of the molecule is CCN(CC(=O)Nc1ccccc1OC)C(=O)COc1ccc(C)c(C)c1. The fourth-order valence-corrected chi connectivity index (χ4v) is 2.53. The number of carbonyl (C=O) groups excluding carboxylic acids is 2. The topological polar surface area (TPSA) is 67.9 Å². The first-order valence-corrected chi connectivity index (χ1v) is 8.85. The molecule has 144 valence electrons. The molecule has 2 aromatic rings. The molecule has 2 rings (SSSR count). The Kier molecular flexibility index (Phi) is 7.23. The van der Waals surface area contributed by atoms with Crippen LogP contribution in [0.3, 0.4) is 0 Å². The molecule has 0 aliphatic carbocycles. The van der Waals surface area contributed by atoms with E-state index in [9.17, 15) is 9.59 Å². The van der Waals surface area contributed by atoms with Crippen molar-refractivity contribution in [3.05, 3.63) is 53.6 Å². The largest absolute Gasteiger partial charge is 0.495 e. The molecule has 0 saturated heterocycles. The van der Waals surface area contributed by atoms with Crippen LogP contribution in [0.25, 0.3) is 0 Å². The summed E-state index contributed by atoms with van der Waals surface area (Å²) in [5.74, 6) is 0.672. The minimum Gasteiger partial charge on any atom is -0.495 e. The van der Waals surface area contributed by atoms with Gasteiger partial charge in [0.2, 0.25) is 5.91 Å². The second-order valence-electron chi connectivity index (χ2n) is 6.19. The van der Waals surface area contributed by atoms with Gasteiger partial charge in [-0.15, -0.1) is 0 Å². The van der Waals surface area contributed by atoms with Gasteiger partial charge in [0.05, 0.1) is 19.3 Å². The van der Waals surface area contributed by atoms with Crippen LogP contribution in [0, 0.1) is 13.8 Å². The van der Waals surface area contributed by atoms with Crippen LogP contribution < -0.4 is 14.8 Å². The van der Waals surface area contributed by atoms with E-state index in [-0.39, 0.29) is 25.0 Å². The van der Waals surface area contributed by atoms with E-state index in [1.54, 1.807) is 18.2 Å². The molecule has 0 saturated carbocycles. The second-order valence-corrected chi connectivity index (χ2v) is 6.19. The number of aryl methyl sites for hydroxylation is 2. The van der Waals surface area contributed by atoms with Crippen molar-refractivity contribution in [2.75, 3.05) is 32.1 Å². The van der Waals surface area contributed by atoms with Gasteiger partial charge in [0, 0.05) is 6.54 Å². The number of rotatable bonds is 8. The number of nitrogens with zero attached hydrogens (tertiary/aromatic N) is 1. The van der Waals surface area contributed by atoms with Crippen molar-refractivity contribution in [3.63, 3.8) is 0 Å². The Morgan fingerprint density at radius 1 is 1.07 bits per heavy atom. The van der Waals surface area contributed by atoms with Gasteiger partial charge in [-0.1, -0.05) is 18.2 Å². The van der Waals surface area contributed by atoms with Crippen molar-refractivity contribution >= 4 is 17.5 Å². The van der Waals surface area contributed by atoms with E-state index >= 15 is 0 Å². The van der Waals surface area contributed by atoms with E-state index in [4.69, 9.17) is 9.47 Å². The van der Waals surface area contributed by atoms with Crippen molar-refractivity contribution in [1.82, 2.24) is 4.90 Å². The van der Waals surface area contributed by atoms with Crippen LogP contribution in [0.1, 0.15) is 18.1 Å². The van der Waals surface area contributed by atoms with E-state index < -0.39 is 0 Å². The average molecular weight is 370 g/mol. The Labute approximate surface area is 160 Å². The molecular formula is C21H26N2O4. The lowest BCUT2D eigenvalue weighted by atomic mass is 10.1. The summed E-state index contributed by atoms with van der Waals surface area (Å²) in [6.07, 6.45) is 0. The van der Waals surface area contributed by atoms with Gasteiger partial charge in [0.15, 0.2) is 6.61 Å². The normalized spacial score (nSPS) is 10.2. The fourth-order valence-electron chi connectivity index (χ4n) is 2.53. The molecule has 6 nitrogen and oxygen atoms in total. The summed E-state index contributed by atoms with van der Waals surface area (Å²) in [7, 11) is 1.54. The van der Waals surface area contributed by atoms with Crippen LogP contribution in [0.5, 0.6) is 11.5 Å². The third-order valence-corrected chi connectivity index (χ3v) is 4.29. The van der Waals surface area contributed by atoms with E-state index in [1.807, 2.05) is 45.0 Å². The Bertz CT molecular complexity index is 805. The lowest BCUT2D eigenvalue weighted by Gasteiger charge is -2.21. The number of methoxy groups -OCH3 is 1. The zero-order valence-corrected chi connectivity index (χ0v) is 16.2. The maximum atomic E-state index is 12.4. The highest BCUT2D eigenvalue weighted by atomic mass is 16.5. The number of likely N-dealkylation sites (N-methyl/N-ethyl adjacent to an activating group) is 1. The van der Waals surface area contributed by atoms with Crippen LogP contribution in [-0.4, -0.2) is 43.5 Å². The number of anilines is 1. The monoisotopic (exact) mass is 370 g/mol. The predicted molar refractivity (Wildman–Crippen MR) is 105 cm³/mol. The Hall–Kier alpha value is -3.02. The molecule has 0 aliphatic rings. The van der Waals surface area contributed by atoms with Gasteiger partial charge in [-0.2, -0.15) is 0 Å². The lowest BCUT2D eigenvalue weighted by molar-refractivity contribution is -0.136. The van der Waals surface area contributed by atoms with Gasteiger partial charge < -0.3 is 19.7 Å². The van der Waals surface area contributed by atoms with E-state index in [2.05, 4.69) is 5.32 Å². The molecule has 27 heavy (non-hydrogen) atoms. The van der Waals surface area contributed by atoms with Crippen LogP contribution in [0.2, 0.25) is 0 Å². The van der Waals surface area contributed by atoms with Crippen LogP contribution in [0.15, 0.2) is 42.5 Å². The van der Waals surface area contributed by atoms with Gasteiger partial charge >= 0.3 is 0 Å². The molecule has 0 fully saturated rings. The summed E-state index contributed by atoms with van der Waals surface area (Å²) in [5.41, 5.74) is 2.83. The van der Waals surface area contributed by atoms with Crippen LogP contribution in [-0.2, 0) is 9.59 Å². The van der Waals surface area contributed by atoms with Crippen molar-refractivity contribution in [2.24, 2.45) is 0 Å². The summed E-state index contributed by atoms with van der Waals surface area (Å²) in [4.78, 5) is 26.2. The summed E-state index contributed by atoms with van der Waals surface area (Å²) >= 11 is 0. The molecule has 0 aromatic heterocycles. The molecule has 0 radical (unpaired) electrons. The molecule has 2 amide bonds. The number of ether oxygens (including phenoxy) is 2. The number of carbonyl (C=O) groups is 2. The van der Waals surface area contributed by atoms with Crippen molar-refractivity contribution < 1.29 is 19.1 Å². The number of hydrogen-bond donors (Lipinski definition) is 1. The maximum absolute atomic E-state index is 12.4. The first-order valence-electron chi connectivity index (χ1n) is 8.85. The molecule has 0 unspecified atom stereocenters. The van der Waals surface area contributed by atoms with Crippen LogP contribution >= 0.6 is 0 Å². The first kappa shape index (κ1) is 20.3. The molecule has 0 atom stereocenters. The summed E-state index contributed by atoms with van der Waals surface area (Å²) in [6.45, 7) is 6.08. The van der Waals surface area contributed by atoms with Crippen molar-refractivity contribution in [1.29, 1.82) is 0 Å². The van der Waals surface area contributed by atoms with Gasteiger partial charge in [-0.05, 0) is 56.2 Å². The minimum absolute atomic E-state index is 0.0519. The molecule has 0 heterocycles. The molecule has 6 heteroatoms. The van der Waals surface area contributed by atoms with Crippen LogP contribution in [0.4, 0.5) is 5.69 Å². The van der Waals surface area contributed by atoms with Gasteiger partial charge in [0.25, 0.3) is 5.91 Å². The molecule has 0 aliphatic heterocycles. The smallest absolute Gasteiger partial charge is 0.260 e. The predicted octanol–water partition coefficient (Wildman–Crippen LogP) is 3.18. The second kappa shape index (κ2) is 9.62. The molecule has 1 N–H and O–H groups in total. The number of amides is 2. The van der Waals surface area contributed by atoms with E-state index in [1.165, 1.54) is 12.0 Å². The molecule has 0 bridgehead atoms. The average Bonchev–Trinajstić information content (AvgIpc) is 2.67. The lowest BCUT2D eigenvalue weighted by Crippen LogP contribution is -2.40. The first-order chi connectivity index (χ1) is 12.9. The highest BCUT2D eigenvalue weighted by molar-refractivity contribution is 5.95. The van der Waals surface area contributed by atoms with E-state index in [0.29, 0.717) is 23.7 Å². The standard InChI is InChI=1S/C21H26N2O4/c1-5-23(13-20(24)22-18-8-6-7-9-19(18)26-4)21(25)14-27-17-11-10-15(2)16(3)12-17/h6-12H,5,13-14H2,1-4H3,(H,22,24). The minimum atomic E-state index is -0.291. The number of hydrogen-bond acceptors (Lipinski definition) is 4. The molecule has 2 aromatic carbocycles. The highest BCUT2D eigenvalue weighted by Crippen LogP contribution is 2.22. The number of nitrogens with one attached hydrogen (secondary N) is 1. The molecule has 0 spiro atoms. The quantitative estimate of drug-likeness (QED) is 0.775. The van der Waals surface area contributed by atoms with Crippen molar-refractivity contribution in [3.8, 4) is 11.5 Å². The fraction of sp³-hybridized carbons (Fsp3) is 0.333. The Morgan fingerprint density at radius 2 is 1.81 bits per heavy atom. The zero-order valence-electron chi connectivity index (χ0n) is 16.2. The third-order valence-electron chi connectivity index (χ3n) is 4.29. The van der Waals surface area contributed by atoms with Gasteiger partial charge in [0.1, 0.15) is 11.5 Å². The Morgan fingerprint density at radius 3 is 2.48 bits per heavy atom. The maximum Gasteiger partial charge on any atom is 0.260 e. The summed E-state index contributed by atoms with van der Waals surface area (Å²) in [5, 5.41) is 2.77. The number of benzene rings is 2. The zero-order chi connectivity index (χ0) is 19.8. The highest BCUT2D eigenvalue weighted by Gasteiger charge is 2.17. The van der Waals surface area contributed by atoms with Crippen molar-refractivity contribution in [2.45, 2.75) is 20.8 Å².